The summed E-state index contributed by atoms with van der Waals surface area (Å²) < 4.78 is 5.43. The Hall–Kier alpha value is -3.68. The minimum atomic E-state index is -0.682. The van der Waals surface area contributed by atoms with Gasteiger partial charge in [-0.05, 0) is 31.2 Å². The van der Waals surface area contributed by atoms with Crippen LogP contribution in [0.2, 0.25) is 0 Å². The molecular formula is C17H14N2O6. The minimum Gasteiger partial charge on any atom is -0.507 e. The molecular weight excluding hydrogens is 328 g/mol. The second-order valence-electron chi connectivity index (χ2n) is 5.28. The Morgan fingerprint density at radius 1 is 1.08 bits per heavy atom. The molecule has 0 saturated heterocycles. The van der Waals surface area contributed by atoms with Crippen molar-refractivity contribution >= 4 is 23.1 Å². The third-order valence-electron chi connectivity index (χ3n) is 3.67. The van der Waals surface area contributed by atoms with Gasteiger partial charge in [-0.2, -0.15) is 5.10 Å². The number of aryl methyl sites for hydroxylation is 1. The van der Waals surface area contributed by atoms with E-state index in [1.165, 1.54) is 18.2 Å². The van der Waals surface area contributed by atoms with E-state index in [0.717, 1.165) is 6.21 Å². The Labute approximate surface area is 141 Å². The number of aromatic hydroxyl groups is 4. The molecule has 0 aliphatic rings. The lowest BCUT2D eigenvalue weighted by atomic mass is 10.1. The van der Waals surface area contributed by atoms with E-state index >= 15 is 0 Å². The van der Waals surface area contributed by atoms with Crippen LogP contribution < -0.4 is 5.43 Å². The maximum atomic E-state index is 12.2. The number of phenols is 4. The number of hydrazone groups is 1. The Morgan fingerprint density at radius 3 is 2.56 bits per heavy atom. The number of fused-ring (bicyclic) bond motifs is 1. The summed E-state index contributed by atoms with van der Waals surface area (Å²) in [7, 11) is 0. The third-order valence-corrected chi connectivity index (χ3v) is 3.67. The summed E-state index contributed by atoms with van der Waals surface area (Å²) in [5.74, 6) is -2.37. The van der Waals surface area contributed by atoms with Crippen molar-refractivity contribution in [1.29, 1.82) is 0 Å². The van der Waals surface area contributed by atoms with Crippen LogP contribution in [-0.4, -0.2) is 32.5 Å². The first-order chi connectivity index (χ1) is 11.9. The lowest BCUT2D eigenvalue weighted by Gasteiger charge is -2.03. The summed E-state index contributed by atoms with van der Waals surface area (Å²) in [6.07, 6.45) is 1.10. The molecule has 0 saturated carbocycles. The number of carbonyl (C=O) groups is 1. The van der Waals surface area contributed by atoms with Gasteiger partial charge in [0.2, 0.25) is 5.75 Å². The molecule has 8 heteroatoms. The largest absolute Gasteiger partial charge is 0.507 e. The van der Waals surface area contributed by atoms with Crippen LogP contribution in [0.3, 0.4) is 0 Å². The molecule has 0 radical (unpaired) electrons. The molecule has 0 unspecified atom stereocenters. The van der Waals surface area contributed by atoms with Gasteiger partial charge in [0.25, 0.3) is 0 Å². The molecule has 5 N–H and O–H groups in total. The van der Waals surface area contributed by atoms with Crippen molar-refractivity contribution in [1.82, 2.24) is 5.43 Å². The number of benzene rings is 2. The number of hydrogen-bond acceptors (Lipinski definition) is 7. The molecule has 1 heterocycles. The van der Waals surface area contributed by atoms with Crippen molar-refractivity contribution in [3.8, 4) is 23.0 Å². The quantitative estimate of drug-likeness (QED) is 0.282. The molecule has 0 bridgehead atoms. The van der Waals surface area contributed by atoms with Gasteiger partial charge in [0, 0.05) is 11.1 Å². The molecule has 1 amide bonds. The van der Waals surface area contributed by atoms with Crippen LogP contribution in [0.1, 0.15) is 21.7 Å². The molecule has 1 aromatic heterocycles. The summed E-state index contributed by atoms with van der Waals surface area (Å²) in [4.78, 5) is 12.2. The number of nitrogens with one attached hydrogen (secondary N) is 1. The first kappa shape index (κ1) is 16.2. The standard InChI is InChI=1S/C17H14N2O6/c1-8-13-10(20)3-2-4-12(13)25-16(8)17(24)19-18-7-9-5-6-11(21)15(23)14(9)22/h2-7,20-23H,1H3,(H,19,24)/b18-7-. The molecule has 0 spiro atoms. The minimum absolute atomic E-state index is 0.00536. The van der Waals surface area contributed by atoms with E-state index in [-0.39, 0.29) is 17.1 Å². The highest BCUT2D eigenvalue weighted by Gasteiger charge is 2.19. The van der Waals surface area contributed by atoms with Crippen molar-refractivity contribution in [3.63, 3.8) is 0 Å². The molecule has 0 aliphatic carbocycles. The second kappa shape index (κ2) is 6.08. The van der Waals surface area contributed by atoms with E-state index < -0.39 is 23.2 Å². The molecule has 8 nitrogen and oxygen atoms in total. The van der Waals surface area contributed by atoms with Crippen LogP contribution in [0, 0.1) is 6.92 Å². The molecule has 0 aliphatic heterocycles. The van der Waals surface area contributed by atoms with Crippen molar-refractivity contribution in [2.24, 2.45) is 5.10 Å². The van der Waals surface area contributed by atoms with Gasteiger partial charge < -0.3 is 24.8 Å². The fourth-order valence-electron chi connectivity index (χ4n) is 2.40. The van der Waals surface area contributed by atoms with E-state index in [2.05, 4.69) is 10.5 Å². The Morgan fingerprint density at radius 2 is 1.84 bits per heavy atom. The molecule has 0 fully saturated rings. The summed E-state index contributed by atoms with van der Waals surface area (Å²) in [6.45, 7) is 1.63. The number of furan rings is 1. The Bertz CT molecular complexity index is 1010. The topological polar surface area (TPSA) is 136 Å². The van der Waals surface area contributed by atoms with Gasteiger partial charge in [0.15, 0.2) is 17.3 Å². The lowest BCUT2D eigenvalue weighted by molar-refractivity contribution is 0.0928. The highest BCUT2D eigenvalue weighted by molar-refractivity contribution is 6.01. The van der Waals surface area contributed by atoms with Crippen LogP contribution in [0.25, 0.3) is 11.0 Å². The van der Waals surface area contributed by atoms with Crippen molar-refractivity contribution in [2.75, 3.05) is 0 Å². The number of phenolic OH excluding ortho intramolecular Hbond substituents is 4. The Balaban J connectivity index is 1.83. The van der Waals surface area contributed by atoms with E-state index in [4.69, 9.17) is 4.42 Å². The maximum absolute atomic E-state index is 12.2. The number of amides is 1. The third kappa shape index (κ3) is 2.80. The average molecular weight is 342 g/mol. The predicted octanol–water partition coefficient (Wildman–Crippen LogP) is 2.33. The van der Waals surface area contributed by atoms with Gasteiger partial charge in [-0.1, -0.05) is 6.07 Å². The highest BCUT2D eigenvalue weighted by Crippen LogP contribution is 2.36. The first-order valence-corrected chi connectivity index (χ1v) is 7.18. The molecule has 0 atom stereocenters. The van der Waals surface area contributed by atoms with E-state index in [1.54, 1.807) is 19.1 Å². The molecule has 2 aromatic carbocycles. The van der Waals surface area contributed by atoms with Gasteiger partial charge in [-0.15, -0.1) is 0 Å². The van der Waals surface area contributed by atoms with E-state index in [1.807, 2.05) is 0 Å². The number of nitrogens with zero attached hydrogens (tertiary/aromatic N) is 1. The van der Waals surface area contributed by atoms with Crippen LogP contribution in [-0.2, 0) is 0 Å². The van der Waals surface area contributed by atoms with Crippen molar-refractivity contribution in [3.05, 3.63) is 47.2 Å². The normalized spacial score (nSPS) is 11.2. The maximum Gasteiger partial charge on any atom is 0.307 e. The van der Waals surface area contributed by atoms with Crippen LogP contribution in [0.15, 0.2) is 39.9 Å². The van der Waals surface area contributed by atoms with Gasteiger partial charge in [-0.25, -0.2) is 5.43 Å². The van der Waals surface area contributed by atoms with E-state index in [9.17, 15) is 25.2 Å². The second-order valence-corrected chi connectivity index (χ2v) is 5.28. The molecule has 3 rings (SSSR count). The molecule has 25 heavy (non-hydrogen) atoms. The van der Waals surface area contributed by atoms with Crippen molar-refractivity contribution in [2.45, 2.75) is 6.92 Å². The van der Waals surface area contributed by atoms with Gasteiger partial charge in [-0.3, -0.25) is 4.79 Å². The van der Waals surface area contributed by atoms with Gasteiger partial charge in [0.1, 0.15) is 11.3 Å². The number of hydrogen-bond donors (Lipinski definition) is 5. The predicted molar refractivity (Wildman–Crippen MR) is 89.1 cm³/mol. The first-order valence-electron chi connectivity index (χ1n) is 7.18. The number of carbonyl (C=O) groups excluding carboxylic acids is 1. The van der Waals surface area contributed by atoms with E-state index in [0.29, 0.717) is 16.5 Å². The summed E-state index contributed by atoms with van der Waals surface area (Å²) in [5, 5.41) is 42.3. The van der Waals surface area contributed by atoms with Crippen molar-refractivity contribution < 1.29 is 29.6 Å². The average Bonchev–Trinajstić information content (AvgIpc) is 2.93. The number of rotatable bonds is 3. The zero-order valence-corrected chi connectivity index (χ0v) is 13.0. The zero-order valence-electron chi connectivity index (χ0n) is 13.0. The van der Waals surface area contributed by atoms with Crippen LogP contribution in [0.4, 0.5) is 0 Å². The smallest absolute Gasteiger partial charge is 0.307 e. The summed E-state index contributed by atoms with van der Waals surface area (Å²) >= 11 is 0. The molecule has 128 valence electrons. The lowest BCUT2D eigenvalue weighted by Crippen LogP contribution is -2.17. The Kier molecular flexibility index (Phi) is 3.94. The van der Waals surface area contributed by atoms with Crippen LogP contribution >= 0.6 is 0 Å². The summed E-state index contributed by atoms with van der Waals surface area (Å²) in [6, 6.07) is 7.19. The monoisotopic (exact) mass is 342 g/mol. The fourth-order valence-corrected chi connectivity index (χ4v) is 2.40. The van der Waals surface area contributed by atoms with Gasteiger partial charge >= 0.3 is 5.91 Å². The van der Waals surface area contributed by atoms with Gasteiger partial charge in [0.05, 0.1) is 11.6 Å². The fraction of sp³-hybridized carbons (Fsp3) is 0.0588. The summed E-state index contributed by atoms with van der Waals surface area (Å²) in [5.41, 5.74) is 3.15. The molecule has 3 aromatic rings. The SMILES string of the molecule is Cc1c(C(=O)N/N=C\c2ccc(O)c(O)c2O)oc2cccc(O)c12. The van der Waals surface area contributed by atoms with Crippen LogP contribution in [0.5, 0.6) is 23.0 Å². The zero-order chi connectivity index (χ0) is 18.1. The highest BCUT2D eigenvalue weighted by atomic mass is 16.4.